The standard InChI is InChI=1S/C20H22N2O3S/c1-14(23)12-21-20(25)16-7-3-5-9-18(16)26-13-19(24)22-11-10-15-6-2-4-8-17(15)22/h2-9,14,23H,10-13H2,1H3,(H,21,25). The van der Waals surface area contributed by atoms with E-state index in [-0.39, 0.29) is 24.1 Å². The van der Waals surface area contributed by atoms with Gasteiger partial charge in [0, 0.05) is 23.7 Å². The molecule has 1 atom stereocenters. The SMILES string of the molecule is CC(O)CNC(=O)c1ccccc1SCC(=O)N1CCc2ccccc21. The van der Waals surface area contributed by atoms with Crippen LogP contribution in [0, 0.1) is 0 Å². The quantitative estimate of drug-likeness (QED) is 0.767. The van der Waals surface area contributed by atoms with Gasteiger partial charge in [-0.1, -0.05) is 30.3 Å². The number of nitrogens with one attached hydrogen (secondary N) is 1. The van der Waals surface area contributed by atoms with E-state index in [0.717, 1.165) is 17.0 Å². The largest absolute Gasteiger partial charge is 0.392 e. The fourth-order valence-corrected chi connectivity index (χ4v) is 3.86. The van der Waals surface area contributed by atoms with Crippen molar-refractivity contribution in [3.63, 3.8) is 0 Å². The number of aliphatic hydroxyl groups is 1. The Morgan fingerprint density at radius 1 is 1.19 bits per heavy atom. The lowest BCUT2D eigenvalue weighted by Gasteiger charge is -2.17. The number of thioether (sulfide) groups is 1. The van der Waals surface area contributed by atoms with E-state index in [0.29, 0.717) is 12.1 Å². The molecule has 1 unspecified atom stereocenters. The molecule has 0 aromatic heterocycles. The number of aliphatic hydroxyl groups excluding tert-OH is 1. The zero-order valence-corrected chi connectivity index (χ0v) is 15.5. The van der Waals surface area contributed by atoms with Crippen molar-refractivity contribution in [2.75, 3.05) is 23.7 Å². The van der Waals surface area contributed by atoms with Crippen LogP contribution < -0.4 is 10.2 Å². The Balaban J connectivity index is 1.65. The molecule has 6 heteroatoms. The normalized spacial score (nSPS) is 14.0. The lowest BCUT2D eigenvalue weighted by Crippen LogP contribution is -2.31. The van der Waals surface area contributed by atoms with E-state index in [1.54, 1.807) is 19.1 Å². The summed E-state index contributed by atoms with van der Waals surface area (Å²) < 4.78 is 0. The topological polar surface area (TPSA) is 69.6 Å². The summed E-state index contributed by atoms with van der Waals surface area (Å²) in [5.74, 6) is 0.0711. The van der Waals surface area contributed by atoms with Gasteiger partial charge in [-0.05, 0) is 37.1 Å². The highest BCUT2D eigenvalue weighted by molar-refractivity contribution is 8.00. The van der Waals surface area contributed by atoms with Crippen LogP contribution in [-0.2, 0) is 11.2 Å². The van der Waals surface area contributed by atoms with Gasteiger partial charge < -0.3 is 15.3 Å². The molecule has 0 saturated carbocycles. The van der Waals surface area contributed by atoms with E-state index >= 15 is 0 Å². The Morgan fingerprint density at radius 3 is 2.73 bits per heavy atom. The van der Waals surface area contributed by atoms with Crippen LogP contribution in [0.3, 0.4) is 0 Å². The van der Waals surface area contributed by atoms with E-state index in [1.165, 1.54) is 17.3 Å². The third kappa shape index (κ3) is 4.26. The summed E-state index contributed by atoms with van der Waals surface area (Å²) in [5.41, 5.74) is 2.71. The van der Waals surface area contributed by atoms with Crippen molar-refractivity contribution in [1.29, 1.82) is 0 Å². The molecule has 5 nitrogen and oxygen atoms in total. The van der Waals surface area contributed by atoms with Gasteiger partial charge in [0.1, 0.15) is 0 Å². The number of hydrogen-bond acceptors (Lipinski definition) is 4. The maximum Gasteiger partial charge on any atom is 0.252 e. The number of rotatable bonds is 6. The fraction of sp³-hybridized carbons (Fsp3) is 0.300. The maximum absolute atomic E-state index is 12.6. The van der Waals surface area contributed by atoms with Crippen molar-refractivity contribution in [2.45, 2.75) is 24.3 Å². The third-order valence-corrected chi connectivity index (χ3v) is 5.29. The van der Waals surface area contributed by atoms with Crippen molar-refractivity contribution in [2.24, 2.45) is 0 Å². The Bertz CT molecular complexity index is 807. The van der Waals surface area contributed by atoms with Gasteiger partial charge in [0.05, 0.1) is 17.4 Å². The first-order valence-corrected chi connectivity index (χ1v) is 9.61. The number of para-hydroxylation sites is 1. The number of benzene rings is 2. The predicted molar refractivity (Wildman–Crippen MR) is 104 cm³/mol. The molecule has 0 bridgehead atoms. The molecule has 136 valence electrons. The highest BCUT2D eigenvalue weighted by atomic mass is 32.2. The average molecular weight is 370 g/mol. The molecule has 2 aromatic rings. The molecule has 1 aliphatic heterocycles. The number of amides is 2. The van der Waals surface area contributed by atoms with Gasteiger partial charge in [0.2, 0.25) is 5.91 Å². The Kier molecular flexibility index (Phi) is 5.96. The van der Waals surface area contributed by atoms with Crippen LogP contribution in [0.2, 0.25) is 0 Å². The van der Waals surface area contributed by atoms with E-state index in [9.17, 15) is 14.7 Å². The fourth-order valence-electron chi connectivity index (χ4n) is 2.93. The lowest BCUT2D eigenvalue weighted by atomic mass is 10.2. The molecule has 1 aliphatic rings. The van der Waals surface area contributed by atoms with Crippen molar-refractivity contribution in [1.82, 2.24) is 5.32 Å². The molecule has 2 amide bonds. The summed E-state index contributed by atoms with van der Waals surface area (Å²) in [6.45, 7) is 2.52. The number of carbonyl (C=O) groups is 2. The number of fused-ring (bicyclic) bond motifs is 1. The average Bonchev–Trinajstić information content (AvgIpc) is 3.08. The van der Waals surface area contributed by atoms with Gasteiger partial charge >= 0.3 is 0 Å². The van der Waals surface area contributed by atoms with Crippen LogP contribution in [-0.4, -0.2) is 41.9 Å². The minimum atomic E-state index is -0.601. The summed E-state index contributed by atoms with van der Waals surface area (Å²) in [7, 11) is 0. The Morgan fingerprint density at radius 2 is 1.92 bits per heavy atom. The number of carbonyl (C=O) groups excluding carboxylic acids is 2. The van der Waals surface area contributed by atoms with Crippen LogP contribution in [0.15, 0.2) is 53.4 Å². The molecule has 2 N–H and O–H groups in total. The predicted octanol–water partition coefficient (Wildman–Crippen LogP) is 2.48. The van der Waals surface area contributed by atoms with Crippen molar-refractivity contribution in [3.05, 3.63) is 59.7 Å². The van der Waals surface area contributed by atoms with Gasteiger partial charge in [0.15, 0.2) is 0 Å². The zero-order chi connectivity index (χ0) is 18.5. The first kappa shape index (κ1) is 18.5. The van der Waals surface area contributed by atoms with Crippen LogP contribution in [0.1, 0.15) is 22.8 Å². The summed E-state index contributed by atoms with van der Waals surface area (Å²) >= 11 is 1.36. The minimum Gasteiger partial charge on any atom is -0.392 e. The highest BCUT2D eigenvalue weighted by Gasteiger charge is 2.24. The van der Waals surface area contributed by atoms with E-state index in [4.69, 9.17) is 0 Å². The smallest absolute Gasteiger partial charge is 0.252 e. The minimum absolute atomic E-state index is 0.0409. The molecule has 3 rings (SSSR count). The molecule has 0 aliphatic carbocycles. The monoisotopic (exact) mass is 370 g/mol. The van der Waals surface area contributed by atoms with Gasteiger partial charge in [0.25, 0.3) is 5.91 Å². The first-order valence-electron chi connectivity index (χ1n) is 8.62. The second-order valence-corrected chi connectivity index (χ2v) is 7.29. The van der Waals surface area contributed by atoms with E-state index < -0.39 is 6.10 Å². The zero-order valence-electron chi connectivity index (χ0n) is 14.6. The molecular weight excluding hydrogens is 348 g/mol. The Hall–Kier alpha value is -2.31. The van der Waals surface area contributed by atoms with Gasteiger partial charge in [-0.25, -0.2) is 0 Å². The molecule has 0 saturated heterocycles. The Labute approximate surface area is 157 Å². The molecule has 26 heavy (non-hydrogen) atoms. The molecular formula is C20H22N2O3S. The summed E-state index contributed by atoms with van der Waals surface area (Å²) in [5, 5.41) is 12.0. The van der Waals surface area contributed by atoms with Crippen LogP contribution in [0.5, 0.6) is 0 Å². The summed E-state index contributed by atoms with van der Waals surface area (Å²) in [6, 6.07) is 15.2. The van der Waals surface area contributed by atoms with Crippen LogP contribution >= 0.6 is 11.8 Å². The maximum atomic E-state index is 12.6. The van der Waals surface area contributed by atoms with Crippen molar-refractivity contribution >= 4 is 29.3 Å². The van der Waals surface area contributed by atoms with Gasteiger partial charge in [-0.2, -0.15) is 0 Å². The second kappa shape index (κ2) is 8.38. The van der Waals surface area contributed by atoms with Crippen molar-refractivity contribution in [3.8, 4) is 0 Å². The third-order valence-electron chi connectivity index (χ3n) is 4.23. The van der Waals surface area contributed by atoms with Gasteiger partial charge in [-0.15, -0.1) is 11.8 Å². The highest BCUT2D eigenvalue weighted by Crippen LogP contribution is 2.29. The summed E-state index contributed by atoms with van der Waals surface area (Å²) in [6.07, 6.45) is 0.279. The first-order chi connectivity index (χ1) is 12.6. The molecule has 0 spiro atoms. The lowest BCUT2D eigenvalue weighted by molar-refractivity contribution is -0.116. The van der Waals surface area contributed by atoms with Crippen LogP contribution in [0.25, 0.3) is 0 Å². The van der Waals surface area contributed by atoms with Gasteiger partial charge in [-0.3, -0.25) is 9.59 Å². The molecule has 0 radical (unpaired) electrons. The second-order valence-electron chi connectivity index (χ2n) is 6.27. The number of hydrogen-bond donors (Lipinski definition) is 2. The number of anilines is 1. The van der Waals surface area contributed by atoms with Crippen molar-refractivity contribution < 1.29 is 14.7 Å². The molecule has 2 aromatic carbocycles. The van der Waals surface area contributed by atoms with E-state index in [1.807, 2.05) is 35.2 Å². The molecule has 0 fully saturated rings. The van der Waals surface area contributed by atoms with E-state index in [2.05, 4.69) is 11.4 Å². The number of nitrogens with zero attached hydrogens (tertiary/aromatic N) is 1. The molecule has 1 heterocycles. The summed E-state index contributed by atoms with van der Waals surface area (Å²) in [4.78, 5) is 27.5. The van der Waals surface area contributed by atoms with Crippen LogP contribution in [0.4, 0.5) is 5.69 Å².